The Morgan fingerprint density at radius 1 is 1.55 bits per heavy atom. The maximum absolute atomic E-state index is 7.63. The first kappa shape index (κ1) is 14.8. The van der Waals surface area contributed by atoms with Crippen molar-refractivity contribution < 1.29 is 9.47 Å². The van der Waals surface area contributed by atoms with E-state index >= 15 is 0 Å². The van der Waals surface area contributed by atoms with Gasteiger partial charge < -0.3 is 15.2 Å². The highest BCUT2D eigenvalue weighted by Gasteiger charge is 2.16. The van der Waals surface area contributed by atoms with Crippen LogP contribution in [0.1, 0.15) is 24.5 Å². The van der Waals surface area contributed by atoms with E-state index in [1.807, 2.05) is 18.2 Å². The highest BCUT2D eigenvalue weighted by atomic mass is 16.5. The minimum Gasteiger partial charge on any atom is -0.496 e. The standard InChI is InChI=1S/C15H23N3O2/c1-11-9-18(6-3-7-20-11)10-12-4-5-14(19-2)13(8-12)15(16)17/h4-5,8,11H,3,6-7,9-10H2,1-2H3,(H3,16,17). The van der Waals surface area contributed by atoms with Gasteiger partial charge in [0.15, 0.2) is 0 Å². The molecular formula is C15H23N3O2. The summed E-state index contributed by atoms with van der Waals surface area (Å²) in [5, 5.41) is 7.63. The second kappa shape index (κ2) is 6.72. The van der Waals surface area contributed by atoms with Crippen molar-refractivity contribution in [1.29, 1.82) is 5.41 Å². The Labute approximate surface area is 120 Å². The van der Waals surface area contributed by atoms with Crippen molar-refractivity contribution in [2.75, 3.05) is 26.8 Å². The van der Waals surface area contributed by atoms with Gasteiger partial charge in [-0.1, -0.05) is 6.07 Å². The molecule has 3 N–H and O–H groups in total. The molecule has 5 nitrogen and oxygen atoms in total. The third kappa shape index (κ3) is 3.71. The predicted molar refractivity (Wildman–Crippen MR) is 79.3 cm³/mol. The van der Waals surface area contributed by atoms with Gasteiger partial charge in [-0.2, -0.15) is 0 Å². The second-order valence-corrected chi connectivity index (χ2v) is 5.22. The fourth-order valence-electron chi connectivity index (χ4n) is 2.55. The van der Waals surface area contributed by atoms with Gasteiger partial charge in [-0.05, 0) is 31.0 Å². The lowest BCUT2D eigenvalue weighted by Gasteiger charge is -2.22. The molecule has 0 aromatic heterocycles. The molecular weight excluding hydrogens is 254 g/mol. The van der Waals surface area contributed by atoms with Gasteiger partial charge in [0.05, 0.1) is 18.8 Å². The van der Waals surface area contributed by atoms with Crippen molar-refractivity contribution in [2.24, 2.45) is 5.73 Å². The van der Waals surface area contributed by atoms with Crippen LogP contribution in [0.2, 0.25) is 0 Å². The van der Waals surface area contributed by atoms with Crippen LogP contribution in [-0.4, -0.2) is 43.6 Å². The van der Waals surface area contributed by atoms with Crippen molar-refractivity contribution in [1.82, 2.24) is 4.90 Å². The topological polar surface area (TPSA) is 71.6 Å². The molecule has 1 aromatic rings. The normalized spacial score (nSPS) is 20.4. The SMILES string of the molecule is COc1ccc(CN2CCCOC(C)C2)cc1C(=N)N. The average Bonchev–Trinajstić information content (AvgIpc) is 2.63. The van der Waals surface area contributed by atoms with E-state index in [2.05, 4.69) is 11.8 Å². The van der Waals surface area contributed by atoms with Crippen molar-refractivity contribution in [3.8, 4) is 5.75 Å². The van der Waals surface area contributed by atoms with E-state index in [4.69, 9.17) is 20.6 Å². The Kier molecular flexibility index (Phi) is 4.98. The van der Waals surface area contributed by atoms with Crippen LogP contribution in [0.4, 0.5) is 0 Å². The predicted octanol–water partition coefficient (Wildman–Crippen LogP) is 1.59. The Balaban J connectivity index is 2.12. The van der Waals surface area contributed by atoms with Gasteiger partial charge in [-0.25, -0.2) is 0 Å². The molecule has 2 rings (SSSR count). The van der Waals surface area contributed by atoms with E-state index in [1.54, 1.807) is 7.11 Å². The van der Waals surface area contributed by atoms with E-state index in [0.717, 1.165) is 38.2 Å². The van der Waals surface area contributed by atoms with Crippen molar-refractivity contribution in [2.45, 2.75) is 26.0 Å². The second-order valence-electron chi connectivity index (χ2n) is 5.22. The fraction of sp³-hybridized carbons (Fsp3) is 0.533. The number of amidine groups is 1. The molecule has 20 heavy (non-hydrogen) atoms. The number of rotatable bonds is 4. The molecule has 0 aliphatic carbocycles. The summed E-state index contributed by atoms with van der Waals surface area (Å²) in [5.74, 6) is 0.685. The van der Waals surface area contributed by atoms with E-state index < -0.39 is 0 Å². The number of hydrogen-bond acceptors (Lipinski definition) is 4. The maximum atomic E-state index is 7.63. The van der Waals surface area contributed by atoms with Crippen LogP contribution in [0, 0.1) is 5.41 Å². The molecule has 0 saturated carbocycles. The molecule has 1 heterocycles. The van der Waals surface area contributed by atoms with Crippen molar-refractivity contribution in [3.05, 3.63) is 29.3 Å². The average molecular weight is 277 g/mol. The summed E-state index contributed by atoms with van der Waals surface area (Å²) >= 11 is 0. The molecule has 0 amide bonds. The van der Waals surface area contributed by atoms with Crippen LogP contribution < -0.4 is 10.5 Å². The first-order valence-electron chi connectivity index (χ1n) is 6.95. The largest absolute Gasteiger partial charge is 0.496 e. The number of benzene rings is 1. The van der Waals surface area contributed by atoms with Gasteiger partial charge in [0, 0.05) is 26.2 Å². The zero-order chi connectivity index (χ0) is 14.5. The third-order valence-electron chi connectivity index (χ3n) is 3.50. The fourth-order valence-corrected chi connectivity index (χ4v) is 2.55. The van der Waals surface area contributed by atoms with E-state index in [9.17, 15) is 0 Å². The summed E-state index contributed by atoms with van der Waals surface area (Å²) in [7, 11) is 1.59. The summed E-state index contributed by atoms with van der Waals surface area (Å²) in [4.78, 5) is 2.38. The summed E-state index contributed by atoms with van der Waals surface area (Å²) in [6.07, 6.45) is 1.32. The van der Waals surface area contributed by atoms with Gasteiger partial charge in [0.2, 0.25) is 0 Å². The summed E-state index contributed by atoms with van der Waals surface area (Å²) in [6, 6.07) is 5.85. The number of nitrogens with two attached hydrogens (primary N) is 1. The number of hydrogen-bond donors (Lipinski definition) is 2. The molecule has 1 fully saturated rings. The highest BCUT2D eigenvalue weighted by molar-refractivity contribution is 5.97. The van der Waals surface area contributed by atoms with Gasteiger partial charge in [-0.3, -0.25) is 10.3 Å². The molecule has 1 aromatic carbocycles. The summed E-state index contributed by atoms with van der Waals surface area (Å²) < 4.78 is 10.9. The number of nitrogen functional groups attached to an aromatic ring is 1. The monoisotopic (exact) mass is 277 g/mol. The van der Waals surface area contributed by atoms with Crippen molar-refractivity contribution in [3.63, 3.8) is 0 Å². The minimum atomic E-state index is 0.0382. The van der Waals surface area contributed by atoms with Crippen LogP contribution in [-0.2, 0) is 11.3 Å². The molecule has 1 atom stereocenters. The lowest BCUT2D eigenvalue weighted by Crippen LogP contribution is -2.29. The number of methoxy groups -OCH3 is 1. The first-order valence-corrected chi connectivity index (χ1v) is 6.95. The van der Waals surface area contributed by atoms with Gasteiger partial charge in [-0.15, -0.1) is 0 Å². The van der Waals surface area contributed by atoms with Crippen molar-refractivity contribution >= 4 is 5.84 Å². The summed E-state index contributed by atoms with van der Waals surface area (Å²) in [5.41, 5.74) is 7.41. The smallest absolute Gasteiger partial charge is 0.129 e. The minimum absolute atomic E-state index is 0.0382. The zero-order valence-electron chi connectivity index (χ0n) is 12.2. The molecule has 0 radical (unpaired) electrons. The molecule has 1 saturated heterocycles. The van der Waals surface area contributed by atoms with Crippen LogP contribution in [0.3, 0.4) is 0 Å². The third-order valence-corrected chi connectivity index (χ3v) is 3.50. The Hall–Kier alpha value is -1.59. The van der Waals surface area contributed by atoms with Crippen LogP contribution in [0.25, 0.3) is 0 Å². The molecule has 1 aliphatic heterocycles. The molecule has 1 aliphatic rings. The Morgan fingerprint density at radius 2 is 2.35 bits per heavy atom. The van der Waals surface area contributed by atoms with E-state index in [1.165, 1.54) is 0 Å². The molecule has 0 spiro atoms. The summed E-state index contributed by atoms with van der Waals surface area (Å²) in [6.45, 7) is 5.75. The van der Waals surface area contributed by atoms with E-state index in [0.29, 0.717) is 11.3 Å². The van der Waals surface area contributed by atoms with E-state index in [-0.39, 0.29) is 11.9 Å². The molecule has 1 unspecified atom stereocenters. The number of nitrogens with zero attached hydrogens (tertiary/aromatic N) is 1. The van der Waals surface area contributed by atoms with Gasteiger partial charge >= 0.3 is 0 Å². The van der Waals surface area contributed by atoms with Gasteiger partial charge in [0.25, 0.3) is 0 Å². The van der Waals surface area contributed by atoms with Crippen LogP contribution >= 0.6 is 0 Å². The lowest BCUT2D eigenvalue weighted by atomic mass is 10.1. The van der Waals surface area contributed by atoms with Crippen LogP contribution in [0.5, 0.6) is 5.75 Å². The Morgan fingerprint density at radius 3 is 3.05 bits per heavy atom. The highest BCUT2D eigenvalue weighted by Crippen LogP contribution is 2.21. The molecule has 110 valence electrons. The quantitative estimate of drug-likeness (QED) is 0.647. The Bertz CT molecular complexity index is 476. The lowest BCUT2D eigenvalue weighted by molar-refractivity contribution is 0.0668. The zero-order valence-corrected chi connectivity index (χ0v) is 12.2. The number of nitrogens with one attached hydrogen (secondary N) is 1. The molecule has 0 bridgehead atoms. The first-order chi connectivity index (χ1) is 9.60. The van der Waals surface area contributed by atoms with Gasteiger partial charge in [0.1, 0.15) is 11.6 Å². The number of ether oxygens (including phenoxy) is 2. The maximum Gasteiger partial charge on any atom is 0.129 e. The molecule has 5 heteroatoms. The van der Waals surface area contributed by atoms with Crippen LogP contribution in [0.15, 0.2) is 18.2 Å².